The third-order valence-corrected chi connectivity index (χ3v) is 5.68. The third kappa shape index (κ3) is 3.03. The minimum absolute atomic E-state index is 0.0173. The molecule has 136 valence electrons. The molecule has 2 fully saturated rings. The highest BCUT2D eigenvalue weighted by Gasteiger charge is 2.53. The molecule has 2 aliphatic rings. The van der Waals surface area contributed by atoms with E-state index >= 15 is 0 Å². The molecule has 0 unspecified atom stereocenters. The van der Waals surface area contributed by atoms with E-state index in [2.05, 4.69) is 24.8 Å². The van der Waals surface area contributed by atoms with Crippen LogP contribution in [0.1, 0.15) is 25.0 Å². The van der Waals surface area contributed by atoms with Crippen LogP contribution in [0.2, 0.25) is 0 Å². The molecule has 0 radical (unpaired) electrons. The van der Waals surface area contributed by atoms with Gasteiger partial charge in [-0.1, -0.05) is 6.07 Å². The Labute approximate surface area is 152 Å². The largest absolute Gasteiger partial charge is 0.481 e. The third-order valence-electron chi connectivity index (χ3n) is 5.68. The Morgan fingerprint density at radius 1 is 1.23 bits per heavy atom. The van der Waals surface area contributed by atoms with E-state index in [0.717, 1.165) is 37.4 Å². The Kier molecular flexibility index (Phi) is 4.55. The number of carbonyl (C=O) groups is 1. The van der Waals surface area contributed by atoms with Crippen molar-refractivity contribution in [3.05, 3.63) is 48.7 Å². The second kappa shape index (κ2) is 6.99. The van der Waals surface area contributed by atoms with Gasteiger partial charge in [-0.15, -0.1) is 0 Å². The van der Waals surface area contributed by atoms with Gasteiger partial charge in [0, 0.05) is 44.3 Å². The van der Waals surface area contributed by atoms with Crippen LogP contribution in [0.4, 0.5) is 5.82 Å². The number of rotatable bonds is 4. The van der Waals surface area contributed by atoms with Crippen molar-refractivity contribution in [2.45, 2.75) is 31.8 Å². The van der Waals surface area contributed by atoms with Crippen LogP contribution in [0, 0.1) is 5.41 Å². The van der Waals surface area contributed by atoms with Gasteiger partial charge in [0.25, 0.3) is 0 Å². The Morgan fingerprint density at radius 3 is 2.88 bits per heavy atom. The molecular formula is C19H23N5O2. The smallest absolute Gasteiger partial charge is 0.313 e. The average molecular weight is 353 g/mol. The molecule has 0 spiro atoms. The molecule has 2 atom stereocenters. The first-order valence-corrected chi connectivity index (χ1v) is 9.07. The van der Waals surface area contributed by atoms with Crippen LogP contribution in [0.25, 0.3) is 0 Å². The fraction of sp³-hybridized carbons (Fsp3) is 0.474. The second-order valence-corrected chi connectivity index (χ2v) is 7.15. The molecule has 2 aliphatic heterocycles. The molecular weight excluding hydrogens is 330 g/mol. The highest BCUT2D eigenvalue weighted by atomic mass is 16.4. The van der Waals surface area contributed by atoms with Gasteiger partial charge in [-0.2, -0.15) is 0 Å². The van der Waals surface area contributed by atoms with E-state index in [-0.39, 0.29) is 6.04 Å². The number of piperidine rings is 2. The van der Waals surface area contributed by atoms with Crippen molar-refractivity contribution in [3.63, 3.8) is 0 Å². The van der Waals surface area contributed by atoms with Crippen molar-refractivity contribution in [2.24, 2.45) is 5.41 Å². The summed E-state index contributed by atoms with van der Waals surface area (Å²) >= 11 is 0. The fourth-order valence-corrected chi connectivity index (χ4v) is 4.47. The zero-order valence-electron chi connectivity index (χ0n) is 14.7. The van der Waals surface area contributed by atoms with Crippen LogP contribution in [0.3, 0.4) is 0 Å². The number of carboxylic acids is 1. The number of aromatic nitrogens is 3. The Balaban J connectivity index is 1.60. The van der Waals surface area contributed by atoms with Crippen molar-refractivity contribution >= 4 is 11.8 Å². The molecule has 0 aromatic carbocycles. The van der Waals surface area contributed by atoms with E-state index < -0.39 is 11.4 Å². The van der Waals surface area contributed by atoms with Crippen molar-refractivity contribution < 1.29 is 9.90 Å². The van der Waals surface area contributed by atoms with E-state index in [9.17, 15) is 9.90 Å². The molecule has 4 heterocycles. The van der Waals surface area contributed by atoms with Gasteiger partial charge in [0.1, 0.15) is 11.2 Å². The van der Waals surface area contributed by atoms with Crippen molar-refractivity contribution in [1.82, 2.24) is 19.9 Å². The molecule has 4 rings (SSSR count). The molecule has 7 nitrogen and oxygen atoms in total. The summed E-state index contributed by atoms with van der Waals surface area (Å²) in [4.78, 5) is 29.7. The van der Waals surface area contributed by atoms with Crippen LogP contribution in [-0.2, 0) is 11.3 Å². The molecule has 7 heteroatoms. The number of aliphatic carboxylic acids is 1. The number of likely N-dealkylation sites (tertiary alicyclic amines) is 1. The van der Waals surface area contributed by atoms with Gasteiger partial charge in [-0.3, -0.25) is 19.7 Å². The van der Waals surface area contributed by atoms with Gasteiger partial charge in [-0.25, -0.2) is 4.98 Å². The molecule has 0 saturated carbocycles. The summed E-state index contributed by atoms with van der Waals surface area (Å²) in [5.74, 6) is 0.0511. The molecule has 0 bridgehead atoms. The zero-order valence-corrected chi connectivity index (χ0v) is 14.7. The summed E-state index contributed by atoms with van der Waals surface area (Å²) < 4.78 is 0. The number of anilines is 1. The maximum absolute atomic E-state index is 12.4. The highest BCUT2D eigenvalue weighted by molar-refractivity contribution is 5.77. The van der Waals surface area contributed by atoms with Crippen molar-refractivity contribution in [1.29, 1.82) is 0 Å². The van der Waals surface area contributed by atoms with E-state index in [1.807, 2.05) is 18.2 Å². The summed E-state index contributed by atoms with van der Waals surface area (Å²) in [6.45, 7) is 2.88. The van der Waals surface area contributed by atoms with Crippen LogP contribution in [0.5, 0.6) is 0 Å². The first-order valence-electron chi connectivity index (χ1n) is 9.07. The quantitative estimate of drug-likeness (QED) is 0.898. The fourth-order valence-electron chi connectivity index (χ4n) is 4.47. The number of hydrogen-bond acceptors (Lipinski definition) is 6. The van der Waals surface area contributed by atoms with Crippen LogP contribution in [-0.4, -0.2) is 56.6 Å². The number of nitrogens with zero attached hydrogens (tertiary/aromatic N) is 5. The van der Waals surface area contributed by atoms with Crippen LogP contribution < -0.4 is 4.90 Å². The Bertz CT molecular complexity index is 757. The van der Waals surface area contributed by atoms with E-state index in [1.54, 1.807) is 24.8 Å². The van der Waals surface area contributed by atoms with E-state index in [4.69, 9.17) is 0 Å². The first kappa shape index (κ1) is 16.9. The van der Waals surface area contributed by atoms with E-state index in [1.165, 1.54) is 0 Å². The standard InChI is InChI=1S/C19H23N5O2/c25-18(26)19-6-3-10-23(13-15-4-1-2-7-21-15)16(19)5-11-24(14-19)17-12-20-8-9-22-17/h1-2,4,7-9,12,16H,3,5-6,10-11,13-14H2,(H,25,26)/t16-,19+/m1/s1. The van der Waals surface area contributed by atoms with Crippen molar-refractivity contribution in [2.75, 3.05) is 24.5 Å². The summed E-state index contributed by atoms with van der Waals surface area (Å²) in [6, 6.07) is 5.91. The lowest BCUT2D eigenvalue weighted by molar-refractivity contribution is -0.158. The zero-order chi connectivity index (χ0) is 18.0. The van der Waals surface area contributed by atoms with Gasteiger partial charge in [0.2, 0.25) is 0 Å². The molecule has 26 heavy (non-hydrogen) atoms. The molecule has 2 aromatic rings. The van der Waals surface area contributed by atoms with Gasteiger partial charge in [0.05, 0.1) is 11.9 Å². The minimum Gasteiger partial charge on any atom is -0.481 e. The maximum atomic E-state index is 12.4. The minimum atomic E-state index is -0.775. The number of carboxylic acid groups (broad SMARTS) is 1. The van der Waals surface area contributed by atoms with Gasteiger partial charge in [0.15, 0.2) is 0 Å². The predicted octanol–water partition coefficient (Wildman–Crippen LogP) is 1.82. The highest BCUT2D eigenvalue weighted by Crippen LogP contribution is 2.43. The number of pyridine rings is 1. The van der Waals surface area contributed by atoms with Gasteiger partial charge >= 0.3 is 5.97 Å². The summed E-state index contributed by atoms with van der Waals surface area (Å²) in [6.07, 6.45) is 9.18. The maximum Gasteiger partial charge on any atom is 0.313 e. The molecule has 1 N–H and O–H groups in total. The number of fused-ring (bicyclic) bond motifs is 1. The summed E-state index contributed by atoms with van der Waals surface area (Å²) in [7, 11) is 0. The normalized spacial score (nSPS) is 26.3. The van der Waals surface area contributed by atoms with Crippen molar-refractivity contribution in [3.8, 4) is 0 Å². The summed E-state index contributed by atoms with van der Waals surface area (Å²) in [5.41, 5.74) is 0.216. The van der Waals surface area contributed by atoms with Crippen LogP contribution >= 0.6 is 0 Å². The predicted molar refractivity (Wildman–Crippen MR) is 96.6 cm³/mol. The molecule has 2 saturated heterocycles. The van der Waals surface area contributed by atoms with Gasteiger partial charge < -0.3 is 10.0 Å². The Hall–Kier alpha value is -2.54. The second-order valence-electron chi connectivity index (χ2n) is 7.15. The lowest BCUT2D eigenvalue weighted by atomic mass is 9.69. The lowest BCUT2D eigenvalue weighted by Gasteiger charge is -2.53. The molecule has 2 aromatic heterocycles. The number of hydrogen-bond donors (Lipinski definition) is 1. The summed E-state index contributed by atoms with van der Waals surface area (Å²) in [5, 5.41) is 10.2. The molecule has 0 amide bonds. The average Bonchev–Trinajstić information content (AvgIpc) is 2.69. The lowest BCUT2D eigenvalue weighted by Crippen LogP contribution is -2.64. The van der Waals surface area contributed by atoms with E-state index in [0.29, 0.717) is 19.5 Å². The van der Waals surface area contributed by atoms with Crippen LogP contribution in [0.15, 0.2) is 43.0 Å². The first-order chi connectivity index (χ1) is 12.7. The topological polar surface area (TPSA) is 82.5 Å². The Morgan fingerprint density at radius 2 is 2.15 bits per heavy atom. The van der Waals surface area contributed by atoms with Gasteiger partial charge in [-0.05, 0) is 37.9 Å². The molecule has 0 aliphatic carbocycles. The monoisotopic (exact) mass is 353 g/mol. The SMILES string of the molecule is O=C(O)[C@]12CCCN(Cc3ccccn3)[C@@H]1CCN(c1cnccn1)C2.